The monoisotopic (exact) mass is 498 g/mol. The SMILES string of the molecule is CC(=O)Nc1ccc(/C=C/C(=O)c2sc(NC(=S)NC(=O)c3ccccc3Cl)nc2C)cc1. The van der Waals surface area contributed by atoms with Crippen LogP contribution in [-0.2, 0) is 4.79 Å². The number of thiazole rings is 1. The molecule has 0 spiro atoms. The van der Waals surface area contributed by atoms with Gasteiger partial charge in [0.2, 0.25) is 5.91 Å². The fraction of sp³-hybridized carbons (Fsp3) is 0.0870. The van der Waals surface area contributed by atoms with E-state index in [2.05, 4.69) is 20.9 Å². The molecular weight excluding hydrogens is 480 g/mol. The van der Waals surface area contributed by atoms with Gasteiger partial charge in [0.15, 0.2) is 16.0 Å². The van der Waals surface area contributed by atoms with Gasteiger partial charge in [0.05, 0.1) is 21.2 Å². The van der Waals surface area contributed by atoms with Gasteiger partial charge in [-0.2, -0.15) is 0 Å². The minimum atomic E-state index is -0.449. The Morgan fingerprint density at radius 1 is 1.06 bits per heavy atom. The van der Waals surface area contributed by atoms with E-state index in [1.165, 1.54) is 13.0 Å². The van der Waals surface area contributed by atoms with Gasteiger partial charge in [-0.05, 0) is 55.0 Å². The van der Waals surface area contributed by atoms with Crippen molar-refractivity contribution in [2.75, 3.05) is 10.6 Å². The standard InChI is InChI=1S/C23H19ClN4O3S2/c1-13-20(19(30)12-9-15-7-10-16(11-8-15)26-14(2)29)33-23(25-13)28-22(32)27-21(31)17-5-3-4-6-18(17)24/h3-12H,1-2H3,(H,26,29)(H2,25,27,28,31,32)/b12-9+. The van der Waals surface area contributed by atoms with Crippen LogP contribution in [0.2, 0.25) is 5.02 Å². The molecule has 0 atom stereocenters. The predicted molar refractivity (Wildman–Crippen MR) is 136 cm³/mol. The number of nitrogens with one attached hydrogen (secondary N) is 3. The van der Waals surface area contributed by atoms with Gasteiger partial charge >= 0.3 is 0 Å². The minimum absolute atomic E-state index is 0.0440. The van der Waals surface area contributed by atoms with Gasteiger partial charge in [-0.25, -0.2) is 4.98 Å². The lowest BCUT2D eigenvalue weighted by Crippen LogP contribution is -2.34. The molecule has 33 heavy (non-hydrogen) atoms. The van der Waals surface area contributed by atoms with E-state index in [0.29, 0.717) is 32.0 Å². The summed E-state index contributed by atoms with van der Waals surface area (Å²) < 4.78 is 0. The maximum absolute atomic E-state index is 12.6. The highest BCUT2D eigenvalue weighted by atomic mass is 35.5. The highest BCUT2D eigenvalue weighted by Gasteiger charge is 2.16. The van der Waals surface area contributed by atoms with Crippen LogP contribution in [0.1, 0.15) is 38.2 Å². The topological polar surface area (TPSA) is 100 Å². The maximum Gasteiger partial charge on any atom is 0.258 e. The van der Waals surface area contributed by atoms with Crippen molar-refractivity contribution in [3.8, 4) is 0 Å². The van der Waals surface area contributed by atoms with E-state index in [4.69, 9.17) is 23.8 Å². The zero-order valence-electron chi connectivity index (χ0n) is 17.6. The summed E-state index contributed by atoms with van der Waals surface area (Å²) in [6.45, 7) is 3.16. The number of aryl methyl sites for hydroxylation is 1. The summed E-state index contributed by atoms with van der Waals surface area (Å²) in [5.74, 6) is -0.813. The average Bonchev–Trinajstić information content (AvgIpc) is 3.12. The molecule has 168 valence electrons. The number of carbonyl (C=O) groups excluding carboxylic acids is 3. The second kappa shape index (κ2) is 11.0. The Kier molecular flexibility index (Phi) is 8.05. The van der Waals surface area contributed by atoms with Gasteiger partial charge in [0.25, 0.3) is 5.91 Å². The molecule has 2 aromatic carbocycles. The smallest absolute Gasteiger partial charge is 0.258 e. The summed E-state index contributed by atoms with van der Waals surface area (Å²) >= 11 is 12.3. The fourth-order valence-electron chi connectivity index (χ4n) is 2.75. The van der Waals surface area contributed by atoms with Crippen molar-refractivity contribution in [1.29, 1.82) is 0 Å². The minimum Gasteiger partial charge on any atom is -0.326 e. The molecule has 0 aliphatic rings. The van der Waals surface area contributed by atoms with E-state index in [1.807, 2.05) is 0 Å². The van der Waals surface area contributed by atoms with Crippen molar-refractivity contribution in [2.24, 2.45) is 0 Å². The van der Waals surface area contributed by atoms with Crippen LogP contribution in [0, 0.1) is 6.92 Å². The van der Waals surface area contributed by atoms with Crippen LogP contribution in [0.25, 0.3) is 6.08 Å². The zero-order chi connectivity index (χ0) is 24.0. The highest BCUT2D eigenvalue weighted by Crippen LogP contribution is 2.24. The molecule has 1 aromatic heterocycles. The molecule has 3 aromatic rings. The van der Waals surface area contributed by atoms with Crippen LogP contribution >= 0.6 is 35.2 Å². The normalized spacial score (nSPS) is 10.6. The fourth-order valence-corrected chi connectivity index (χ4v) is 4.12. The summed E-state index contributed by atoms with van der Waals surface area (Å²) in [5.41, 5.74) is 2.32. The number of anilines is 2. The van der Waals surface area contributed by atoms with Gasteiger partial charge in [-0.3, -0.25) is 19.7 Å². The number of halogens is 1. The van der Waals surface area contributed by atoms with Crippen molar-refractivity contribution in [3.05, 3.63) is 81.3 Å². The number of allylic oxidation sites excluding steroid dienone is 1. The van der Waals surface area contributed by atoms with Gasteiger partial charge in [-0.15, -0.1) is 0 Å². The Labute approximate surface area is 204 Å². The first-order valence-corrected chi connectivity index (χ1v) is 11.3. The molecule has 0 unspecified atom stereocenters. The third-order valence-electron chi connectivity index (χ3n) is 4.24. The Balaban J connectivity index is 1.62. The molecule has 10 heteroatoms. The number of nitrogens with zero attached hydrogens (tertiary/aromatic N) is 1. The third kappa shape index (κ3) is 6.79. The predicted octanol–water partition coefficient (Wildman–Crippen LogP) is 5.09. The van der Waals surface area contributed by atoms with Crippen molar-refractivity contribution >= 4 is 74.8 Å². The molecule has 0 fully saturated rings. The summed E-state index contributed by atoms with van der Waals surface area (Å²) in [6.07, 6.45) is 3.13. The number of benzene rings is 2. The maximum atomic E-state index is 12.6. The van der Waals surface area contributed by atoms with Crippen LogP contribution in [0.15, 0.2) is 54.6 Å². The lowest BCUT2D eigenvalue weighted by atomic mass is 10.1. The van der Waals surface area contributed by atoms with Crippen LogP contribution in [0.4, 0.5) is 10.8 Å². The number of aromatic nitrogens is 1. The molecule has 3 N–H and O–H groups in total. The number of thiocarbonyl (C=S) groups is 1. The zero-order valence-corrected chi connectivity index (χ0v) is 20.0. The number of rotatable bonds is 6. The second-order valence-electron chi connectivity index (χ2n) is 6.82. The lowest BCUT2D eigenvalue weighted by Gasteiger charge is -2.08. The molecule has 0 radical (unpaired) electrons. The molecule has 0 saturated carbocycles. The Morgan fingerprint density at radius 3 is 2.42 bits per heavy atom. The van der Waals surface area contributed by atoms with E-state index in [1.54, 1.807) is 61.5 Å². The van der Waals surface area contributed by atoms with E-state index < -0.39 is 5.91 Å². The van der Waals surface area contributed by atoms with E-state index >= 15 is 0 Å². The van der Waals surface area contributed by atoms with Crippen LogP contribution in [-0.4, -0.2) is 27.7 Å². The van der Waals surface area contributed by atoms with E-state index in [-0.39, 0.29) is 16.8 Å². The van der Waals surface area contributed by atoms with Crippen molar-refractivity contribution in [1.82, 2.24) is 10.3 Å². The van der Waals surface area contributed by atoms with Gasteiger partial charge in [0, 0.05) is 12.6 Å². The molecule has 0 aliphatic carbocycles. The molecule has 0 saturated heterocycles. The van der Waals surface area contributed by atoms with Crippen LogP contribution in [0.3, 0.4) is 0 Å². The highest BCUT2D eigenvalue weighted by molar-refractivity contribution is 7.80. The summed E-state index contributed by atoms with van der Waals surface area (Å²) in [5, 5.41) is 8.80. The van der Waals surface area contributed by atoms with Crippen LogP contribution in [0.5, 0.6) is 0 Å². The number of carbonyl (C=O) groups is 3. The van der Waals surface area contributed by atoms with Gasteiger partial charge in [-0.1, -0.05) is 53.3 Å². The molecule has 0 aliphatic heterocycles. The molecule has 7 nitrogen and oxygen atoms in total. The van der Waals surface area contributed by atoms with Crippen molar-refractivity contribution < 1.29 is 14.4 Å². The van der Waals surface area contributed by atoms with E-state index in [9.17, 15) is 14.4 Å². The number of hydrogen-bond donors (Lipinski definition) is 3. The first-order chi connectivity index (χ1) is 15.7. The summed E-state index contributed by atoms with van der Waals surface area (Å²) in [6, 6.07) is 13.7. The third-order valence-corrected chi connectivity index (χ3v) is 5.87. The average molecular weight is 499 g/mol. The number of ketones is 1. The van der Waals surface area contributed by atoms with Crippen molar-refractivity contribution in [3.63, 3.8) is 0 Å². The largest absolute Gasteiger partial charge is 0.326 e. The lowest BCUT2D eigenvalue weighted by molar-refractivity contribution is -0.114. The van der Waals surface area contributed by atoms with Crippen molar-refractivity contribution in [2.45, 2.75) is 13.8 Å². The Morgan fingerprint density at radius 2 is 1.76 bits per heavy atom. The number of amides is 2. The molecule has 3 rings (SSSR count). The molecule has 2 amide bonds. The first kappa shape index (κ1) is 24.2. The van der Waals surface area contributed by atoms with Gasteiger partial charge in [0.1, 0.15) is 0 Å². The Hall–Kier alpha value is -3.40. The first-order valence-electron chi connectivity index (χ1n) is 9.67. The molecule has 0 bridgehead atoms. The molecular formula is C23H19ClN4O3S2. The van der Waals surface area contributed by atoms with Gasteiger partial charge < -0.3 is 10.6 Å². The molecule has 1 heterocycles. The number of hydrogen-bond acceptors (Lipinski definition) is 6. The second-order valence-corrected chi connectivity index (χ2v) is 8.64. The van der Waals surface area contributed by atoms with E-state index in [0.717, 1.165) is 16.9 Å². The quantitative estimate of drug-likeness (QED) is 0.249. The summed E-state index contributed by atoms with van der Waals surface area (Å²) in [4.78, 5) is 40.8. The Bertz CT molecular complexity index is 1250. The summed E-state index contributed by atoms with van der Waals surface area (Å²) in [7, 11) is 0. The van der Waals surface area contributed by atoms with Crippen LogP contribution < -0.4 is 16.0 Å².